The zero-order valence-electron chi connectivity index (χ0n) is 14.8. The maximum atomic E-state index is 4.44. The predicted molar refractivity (Wildman–Crippen MR) is 99.4 cm³/mol. The van der Waals surface area contributed by atoms with E-state index in [0.717, 1.165) is 25.1 Å². The van der Waals surface area contributed by atoms with E-state index < -0.39 is 0 Å². The zero-order valence-corrected chi connectivity index (χ0v) is 15.6. The van der Waals surface area contributed by atoms with Crippen LogP contribution in [0.4, 0.5) is 0 Å². The van der Waals surface area contributed by atoms with E-state index in [4.69, 9.17) is 0 Å². The first-order valence-corrected chi connectivity index (χ1v) is 9.63. The van der Waals surface area contributed by atoms with E-state index in [1.54, 1.807) is 0 Å². The summed E-state index contributed by atoms with van der Waals surface area (Å²) >= 11 is 1.83. The average molecular weight is 335 g/mol. The summed E-state index contributed by atoms with van der Waals surface area (Å²) in [6, 6.07) is 5.71. The van der Waals surface area contributed by atoms with Gasteiger partial charge in [-0.25, -0.2) is 0 Å². The minimum Gasteiger partial charge on any atom is -0.356 e. The molecular formula is C18H30N4S. The van der Waals surface area contributed by atoms with Gasteiger partial charge in [-0.15, -0.1) is 11.3 Å². The van der Waals surface area contributed by atoms with Gasteiger partial charge in [0.1, 0.15) is 0 Å². The fourth-order valence-corrected chi connectivity index (χ4v) is 4.21. The highest BCUT2D eigenvalue weighted by Crippen LogP contribution is 2.31. The van der Waals surface area contributed by atoms with Gasteiger partial charge in [0, 0.05) is 49.1 Å². The maximum absolute atomic E-state index is 4.44. The van der Waals surface area contributed by atoms with Crippen molar-refractivity contribution >= 4 is 17.3 Å². The molecule has 23 heavy (non-hydrogen) atoms. The molecule has 1 saturated carbocycles. The molecule has 1 aromatic heterocycles. The van der Waals surface area contributed by atoms with Gasteiger partial charge in [-0.3, -0.25) is 9.89 Å². The third-order valence-electron chi connectivity index (χ3n) is 5.14. The van der Waals surface area contributed by atoms with Crippen LogP contribution >= 0.6 is 11.3 Å². The van der Waals surface area contributed by atoms with Crippen LogP contribution in [0.25, 0.3) is 0 Å². The Bertz CT molecular complexity index is 533. The minimum atomic E-state index is 0.118. The van der Waals surface area contributed by atoms with Gasteiger partial charge in [0.15, 0.2) is 5.96 Å². The Morgan fingerprint density at radius 1 is 1.39 bits per heavy atom. The third kappa shape index (κ3) is 4.07. The van der Waals surface area contributed by atoms with E-state index in [2.05, 4.69) is 58.8 Å². The van der Waals surface area contributed by atoms with Crippen molar-refractivity contribution in [3.63, 3.8) is 0 Å². The second-order valence-corrected chi connectivity index (χ2v) is 8.65. The minimum absolute atomic E-state index is 0.118. The standard InChI is InChI=1S/C18H30N4S/c1-13-10-22(14-7-8-14)11-15(13)21-17(19-4)20-12-18(2,3)16-6-5-9-23-16/h5-6,9,13-15H,7-8,10-12H2,1-4H3,(H2,19,20,21). The number of nitrogens with one attached hydrogen (secondary N) is 2. The van der Waals surface area contributed by atoms with Gasteiger partial charge in [-0.1, -0.05) is 26.8 Å². The fourth-order valence-electron chi connectivity index (χ4n) is 3.36. The van der Waals surface area contributed by atoms with Crippen LogP contribution in [0.2, 0.25) is 0 Å². The van der Waals surface area contributed by atoms with Gasteiger partial charge in [0.05, 0.1) is 0 Å². The molecule has 1 aliphatic heterocycles. The highest BCUT2D eigenvalue weighted by molar-refractivity contribution is 7.10. The van der Waals surface area contributed by atoms with Crippen molar-refractivity contribution in [2.75, 3.05) is 26.7 Å². The molecule has 1 saturated heterocycles. The lowest BCUT2D eigenvalue weighted by atomic mass is 9.91. The Hall–Kier alpha value is -1.07. The number of guanidine groups is 1. The van der Waals surface area contributed by atoms with E-state index in [9.17, 15) is 0 Å². The molecule has 2 unspecified atom stereocenters. The molecule has 2 heterocycles. The number of rotatable bonds is 5. The van der Waals surface area contributed by atoms with Gasteiger partial charge in [0.25, 0.3) is 0 Å². The van der Waals surface area contributed by atoms with Crippen LogP contribution in [0.3, 0.4) is 0 Å². The number of likely N-dealkylation sites (tertiary alicyclic amines) is 1. The topological polar surface area (TPSA) is 39.7 Å². The molecule has 2 aliphatic rings. The first-order chi connectivity index (χ1) is 11.0. The summed E-state index contributed by atoms with van der Waals surface area (Å²) in [6.45, 7) is 10.2. The summed E-state index contributed by atoms with van der Waals surface area (Å²) in [5.41, 5.74) is 0.118. The predicted octanol–water partition coefficient (Wildman–Crippen LogP) is 2.67. The number of hydrogen-bond acceptors (Lipinski definition) is 3. The summed E-state index contributed by atoms with van der Waals surface area (Å²) in [5.74, 6) is 1.61. The first kappa shape index (κ1) is 16.8. The monoisotopic (exact) mass is 334 g/mol. The van der Waals surface area contributed by atoms with Crippen LogP contribution in [-0.4, -0.2) is 49.6 Å². The van der Waals surface area contributed by atoms with E-state index in [1.807, 2.05) is 18.4 Å². The number of nitrogens with zero attached hydrogens (tertiary/aromatic N) is 2. The van der Waals surface area contributed by atoms with Crippen molar-refractivity contribution in [1.29, 1.82) is 0 Å². The van der Waals surface area contributed by atoms with Crippen molar-refractivity contribution in [2.45, 2.75) is 51.1 Å². The fraction of sp³-hybridized carbons (Fsp3) is 0.722. The van der Waals surface area contributed by atoms with E-state index in [0.29, 0.717) is 12.0 Å². The van der Waals surface area contributed by atoms with E-state index >= 15 is 0 Å². The van der Waals surface area contributed by atoms with E-state index in [-0.39, 0.29) is 5.41 Å². The molecule has 3 rings (SSSR count). The van der Waals surface area contributed by atoms with E-state index in [1.165, 1.54) is 24.3 Å². The Labute approximate surface area is 144 Å². The number of hydrogen-bond donors (Lipinski definition) is 2. The third-order valence-corrected chi connectivity index (χ3v) is 6.37. The molecule has 1 aromatic rings. The second-order valence-electron chi connectivity index (χ2n) is 7.70. The van der Waals surface area contributed by atoms with Crippen LogP contribution in [0.5, 0.6) is 0 Å². The number of aliphatic imine (C=N–C) groups is 1. The van der Waals surface area contributed by atoms with Crippen molar-refractivity contribution in [1.82, 2.24) is 15.5 Å². The largest absolute Gasteiger partial charge is 0.356 e. The number of thiophene rings is 1. The lowest BCUT2D eigenvalue weighted by Crippen LogP contribution is -2.49. The molecule has 0 amide bonds. The van der Waals surface area contributed by atoms with Gasteiger partial charge in [0.2, 0.25) is 0 Å². The second kappa shape index (κ2) is 6.81. The van der Waals surface area contributed by atoms with Crippen molar-refractivity contribution in [3.8, 4) is 0 Å². The first-order valence-electron chi connectivity index (χ1n) is 8.75. The normalized spacial score (nSPS) is 26.5. The quantitative estimate of drug-likeness (QED) is 0.642. The molecule has 0 spiro atoms. The molecule has 2 atom stereocenters. The van der Waals surface area contributed by atoms with Crippen molar-refractivity contribution in [2.24, 2.45) is 10.9 Å². The van der Waals surface area contributed by atoms with Gasteiger partial charge in [-0.05, 0) is 30.2 Å². The lowest BCUT2D eigenvalue weighted by molar-refractivity contribution is 0.315. The van der Waals surface area contributed by atoms with Crippen molar-refractivity contribution in [3.05, 3.63) is 22.4 Å². The molecule has 0 radical (unpaired) electrons. The Balaban J connectivity index is 1.52. The van der Waals surface area contributed by atoms with Crippen LogP contribution in [0, 0.1) is 5.92 Å². The van der Waals surface area contributed by atoms with Crippen LogP contribution in [0.15, 0.2) is 22.5 Å². The van der Waals surface area contributed by atoms with Gasteiger partial charge >= 0.3 is 0 Å². The average Bonchev–Trinajstić information content (AvgIpc) is 3.08. The highest BCUT2D eigenvalue weighted by atomic mass is 32.1. The molecule has 2 N–H and O–H groups in total. The Morgan fingerprint density at radius 2 is 2.17 bits per heavy atom. The summed E-state index contributed by atoms with van der Waals surface area (Å²) in [4.78, 5) is 8.49. The van der Waals surface area contributed by atoms with Crippen molar-refractivity contribution < 1.29 is 0 Å². The maximum Gasteiger partial charge on any atom is 0.191 e. The molecule has 5 heteroatoms. The SMILES string of the molecule is CN=C(NCC(C)(C)c1cccs1)NC1CN(C2CC2)CC1C. The Morgan fingerprint density at radius 3 is 2.78 bits per heavy atom. The zero-order chi connectivity index (χ0) is 16.4. The van der Waals surface area contributed by atoms with Crippen LogP contribution in [-0.2, 0) is 5.41 Å². The summed E-state index contributed by atoms with van der Waals surface area (Å²) in [5, 5.41) is 9.33. The van der Waals surface area contributed by atoms with Gasteiger partial charge < -0.3 is 10.6 Å². The summed E-state index contributed by atoms with van der Waals surface area (Å²) in [6.07, 6.45) is 2.78. The molecule has 0 aromatic carbocycles. The summed E-state index contributed by atoms with van der Waals surface area (Å²) < 4.78 is 0. The Kier molecular flexibility index (Phi) is 4.97. The summed E-state index contributed by atoms with van der Waals surface area (Å²) in [7, 11) is 1.87. The molecule has 2 fully saturated rings. The smallest absolute Gasteiger partial charge is 0.191 e. The van der Waals surface area contributed by atoms with Crippen LogP contribution < -0.4 is 10.6 Å². The highest BCUT2D eigenvalue weighted by Gasteiger charge is 2.38. The molecule has 0 bridgehead atoms. The lowest BCUT2D eigenvalue weighted by Gasteiger charge is -2.26. The molecular weight excluding hydrogens is 304 g/mol. The molecule has 4 nitrogen and oxygen atoms in total. The van der Waals surface area contributed by atoms with Gasteiger partial charge in [-0.2, -0.15) is 0 Å². The molecule has 128 valence electrons. The van der Waals surface area contributed by atoms with Crippen LogP contribution in [0.1, 0.15) is 38.5 Å². The molecule has 1 aliphatic carbocycles.